The maximum Gasteiger partial charge on any atom is 0.410 e. The fourth-order valence-corrected chi connectivity index (χ4v) is 1.50. The Labute approximate surface area is 100 Å². The Morgan fingerprint density at radius 1 is 1.65 bits per heavy atom. The zero-order valence-corrected chi connectivity index (χ0v) is 10.4. The van der Waals surface area contributed by atoms with Crippen molar-refractivity contribution in [1.29, 1.82) is 0 Å². The zero-order valence-electron chi connectivity index (χ0n) is 10.4. The summed E-state index contributed by atoms with van der Waals surface area (Å²) < 4.78 is 10.5. The molecule has 0 aromatic heterocycles. The smallest absolute Gasteiger partial charge is 0.410 e. The number of carbonyl (C=O) groups is 1. The molecule has 17 heavy (non-hydrogen) atoms. The van der Waals surface area contributed by atoms with Crippen LogP contribution in [-0.4, -0.2) is 48.9 Å². The van der Waals surface area contributed by atoms with E-state index in [4.69, 9.17) is 15.0 Å². The minimum absolute atomic E-state index is 0.204. The van der Waals surface area contributed by atoms with Gasteiger partial charge in [0.1, 0.15) is 5.60 Å². The molecule has 0 aliphatic carbocycles. The minimum atomic E-state index is -0.529. The second kappa shape index (κ2) is 5.75. The van der Waals surface area contributed by atoms with Crippen molar-refractivity contribution in [1.82, 2.24) is 4.90 Å². The van der Waals surface area contributed by atoms with Gasteiger partial charge in [-0.25, -0.2) is 4.79 Å². The predicted octanol–water partition coefficient (Wildman–Crippen LogP) is 1.93. The van der Waals surface area contributed by atoms with Crippen molar-refractivity contribution in [3.63, 3.8) is 0 Å². The molecule has 1 saturated heterocycles. The molecule has 1 aliphatic heterocycles. The molecule has 1 fully saturated rings. The molecule has 1 rings (SSSR count). The maximum absolute atomic E-state index is 11.9. The highest BCUT2D eigenvalue weighted by molar-refractivity contribution is 5.68. The van der Waals surface area contributed by atoms with Crippen molar-refractivity contribution in [2.45, 2.75) is 32.4 Å². The number of rotatable bonds is 2. The third-order valence-electron chi connectivity index (χ3n) is 2.21. The van der Waals surface area contributed by atoms with Crippen LogP contribution in [0.1, 0.15) is 20.8 Å². The van der Waals surface area contributed by atoms with Gasteiger partial charge in [0.05, 0.1) is 19.3 Å². The Kier molecular flexibility index (Phi) is 4.60. The number of amides is 1. The molecule has 0 spiro atoms. The standard InChI is InChI=1S/C10H18N4O3/c1-10(2,3)17-9(15)14-4-5-16-7-8(14)6-12-13-11/h8H,4-7H2,1-3H3. The van der Waals surface area contributed by atoms with Crippen LogP contribution in [0.25, 0.3) is 10.4 Å². The number of morpholine rings is 1. The van der Waals surface area contributed by atoms with Gasteiger partial charge in [-0.05, 0) is 26.3 Å². The van der Waals surface area contributed by atoms with E-state index in [0.29, 0.717) is 19.8 Å². The van der Waals surface area contributed by atoms with Crippen LogP contribution in [0.2, 0.25) is 0 Å². The van der Waals surface area contributed by atoms with Crippen LogP contribution in [0.5, 0.6) is 0 Å². The Bertz CT molecular complexity index is 320. The summed E-state index contributed by atoms with van der Waals surface area (Å²) in [5.74, 6) is 0. The van der Waals surface area contributed by atoms with Gasteiger partial charge in [-0.1, -0.05) is 5.11 Å². The summed E-state index contributed by atoms with van der Waals surface area (Å²) in [5.41, 5.74) is 7.76. The van der Waals surface area contributed by atoms with Crippen LogP contribution in [0.3, 0.4) is 0 Å². The van der Waals surface area contributed by atoms with E-state index < -0.39 is 5.60 Å². The molecular weight excluding hydrogens is 224 g/mol. The van der Waals surface area contributed by atoms with Gasteiger partial charge in [-0.15, -0.1) is 0 Å². The summed E-state index contributed by atoms with van der Waals surface area (Å²) in [6, 6.07) is -0.241. The van der Waals surface area contributed by atoms with Crippen molar-refractivity contribution in [2.24, 2.45) is 5.11 Å². The van der Waals surface area contributed by atoms with Crippen LogP contribution in [0, 0.1) is 0 Å². The third kappa shape index (κ3) is 4.50. The van der Waals surface area contributed by atoms with Crippen molar-refractivity contribution in [3.05, 3.63) is 10.4 Å². The summed E-state index contributed by atoms with van der Waals surface area (Å²) in [4.78, 5) is 16.1. The molecule has 1 unspecified atom stereocenters. The molecule has 0 radical (unpaired) electrons. The summed E-state index contributed by atoms with van der Waals surface area (Å²) in [6.45, 7) is 6.95. The molecule has 96 valence electrons. The van der Waals surface area contributed by atoms with Crippen molar-refractivity contribution >= 4 is 6.09 Å². The molecule has 1 amide bonds. The van der Waals surface area contributed by atoms with Gasteiger partial charge in [0.25, 0.3) is 0 Å². The van der Waals surface area contributed by atoms with Crippen LogP contribution in [-0.2, 0) is 9.47 Å². The first-order valence-electron chi connectivity index (χ1n) is 5.52. The van der Waals surface area contributed by atoms with E-state index >= 15 is 0 Å². The molecule has 7 heteroatoms. The lowest BCUT2D eigenvalue weighted by Gasteiger charge is -2.35. The van der Waals surface area contributed by atoms with E-state index in [2.05, 4.69) is 10.0 Å². The average Bonchev–Trinajstić information content (AvgIpc) is 2.24. The highest BCUT2D eigenvalue weighted by Gasteiger charge is 2.30. The molecule has 0 aromatic carbocycles. The zero-order chi connectivity index (χ0) is 12.9. The third-order valence-corrected chi connectivity index (χ3v) is 2.21. The van der Waals surface area contributed by atoms with Gasteiger partial charge in [-0.2, -0.15) is 0 Å². The van der Waals surface area contributed by atoms with E-state index in [1.807, 2.05) is 20.8 Å². The number of hydrogen-bond donors (Lipinski definition) is 0. The average molecular weight is 242 g/mol. The summed E-state index contributed by atoms with van der Waals surface area (Å²) in [7, 11) is 0. The summed E-state index contributed by atoms with van der Waals surface area (Å²) >= 11 is 0. The van der Waals surface area contributed by atoms with E-state index in [9.17, 15) is 4.79 Å². The fraction of sp³-hybridized carbons (Fsp3) is 0.900. The first-order chi connectivity index (χ1) is 7.94. The Hall–Kier alpha value is -1.46. The van der Waals surface area contributed by atoms with Gasteiger partial charge >= 0.3 is 6.09 Å². The van der Waals surface area contributed by atoms with E-state index in [0.717, 1.165) is 0 Å². The van der Waals surface area contributed by atoms with E-state index in [-0.39, 0.29) is 18.7 Å². The number of carbonyl (C=O) groups excluding carboxylic acids is 1. The quantitative estimate of drug-likeness (QED) is 0.421. The topological polar surface area (TPSA) is 87.5 Å². The Balaban J connectivity index is 2.63. The van der Waals surface area contributed by atoms with Crippen LogP contribution in [0.4, 0.5) is 4.79 Å². The van der Waals surface area contributed by atoms with Gasteiger partial charge in [0, 0.05) is 18.0 Å². The number of ether oxygens (including phenoxy) is 2. The summed E-state index contributed by atoms with van der Waals surface area (Å²) in [6.07, 6.45) is -0.390. The molecule has 0 bridgehead atoms. The van der Waals surface area contributed by atoms with Gasteiger partial charge in [0.15, 0.2) is 0 Å². The highest BCUT2D eigenvalue weighted by Crippen LogP contribution is 2.14. The Morgan fingerprint density at radius 2 is 2.35 bits per heavy atom. The lowest BCUT2D eigenvalue weighted by molar-refractivity contribution is -0.0299. The number of nitrogens with zero attached hydrogens (tertiary/aromatic N) is 4. The molecule has 7 nitrogen and oxygen atoms in total. The van der Waals surface area contributed by atoms with Gasteiger partial charge in [0.2, 0.25) is 0 Å². The largest absolute Gasteiger partial charge is 0.444 e. The minimum Gasteiger partial charge on any atom is -0.444 e. The van der Waals surface area contributed by atoms with Gasteiger partial charge < -0.3 is 14.4 Å². The number of azide groups is 1. The molecule has 1 atom stereocenters. The van der Waals surface area contributed by atoms with Crippen LogP contribution >= 0.6 is 0 Å². The monoisotopic (exact) mass is 242 g/mol. The van der Waals surface area contributed by atoms with E-state index in [1.54, 1.807) is 4.90 Å². The Morgan fingerprint density at radius 3 is 2.94 bits per heavy atom. The molecule has 1 aliphatic rings. The molecule has 0 N–H and O–H groups in total. The normalized spacial score (nSPS) is 20.6. The first-order valence-corrected chi connectivity index (χ1v) is 5.52. The van der Waals surface area contributed by atoms with Crippen molar-refractivity contribution in [2.75, 3.05) is 26.3 Å². The molecule has 1 heterocycles. The lowest BCUT2D eigenvalue weighted by Crippen LogP contribution is -2.51. The van der Waals surface area contributed by atoms with Crippen molar-refractivity contribution < 1.29 is 14.3 Å². The predicted molar refractivity (Wildman–Crippen MR) is 61.6 cm³/mol. The van der Waals surface area contributed by atoms with Crippen LogP contribution in [0.15, 0.2) is 5.11 Å². The molecular formula is C10H18N4O3. The highest BCUT2D eigenvalue weighted by atomic mass is 16.6. The maximum atomic E-state index is 11.9. The van der Waals surface area contributed by atoms with Crippen LogP contribution < -0.4 is 0 Å². The SMILES string of the molecule is CC(C)(C)OC(=O)N1CCOCC1CN=[N+]=[N-]. The number of hydrogen-bond acceptors (Lipinski definition) is 4. The summed E-state index contributed by atoms with van der Waals surface area (Å²) in [5, 5.41) is 3.48. The fourth-order valence-electron chi connectivity index (χ4n) is 1.50. The second-order valence-electron chi connectivity index (χ2n) is 4.82. The molecule has 0 aromatic rings. The lowest BCUT2D eigenvalue weighted by atomic mass is 10.2. The van der Waals surface area contributed by atoms with Gasteiger partial charge in [-0.3, -0.25) is 0 Å². The van der Waals surface area contributed by atoms with E-state index in [1.165, 1.54) is 0 Å². The second-order valence-corrected chi connectivity index (χ2v) is 4.82. The van der Waals surface area contributed by atoms with Crippen molar-refractivity contribution in [3.8, 4) is 0 Å². The first kappa shape index (κ1) is 13.6. The molecule has 0 saturated carbocycles.